The van der Waals surface area contributed by atoms with Gasteiger partial charge in [0, 0.05) is 11.6 Å². The van der Waals surface area contributed by atoms with Gasteiger partial charge in [0.2, 0.25) is 5.91 Å². The van der Waals surface area contributed by atoms with E-state index in [2.05, 4.69) is 10.3 Å². The van der Waals surface area contributed by atoms with Crippen LogP contribution in [0.2, 0.25) is 0 Å². The zero-order valence-electron chi connectivity index (χ0n) is 14.7. The van der Waals surface area contributed by atoms with Crippen LogP contribution in [0.5, 0.6) is 11.5 Å². The Bertz CT molecular complexity index is 928. The second-order valence-electron chi connectivity index (χ2n) is 5.40. The number of thioether (sulfide) groups is 1. The Morgan fingerprint density at radius 2 is 1.96 bits per heavy atom. The van der Waals surface area contributed by atoms with Crippen LogP contribution in [0.25, 0.3) is 11.3 Å². The van der Waals surface area contributed by atoms with E-state index >= 15 is 0 Å². The van der Waals surface area contributed by atoms with Crippen molar-refractivity contribution in [2.45, 2.75) is 5.22 Å². The minimum absolute atomic E-state index is 0.101. The van der Waals surface area contributed by atoms with E-state index in [1.807, 2.05) is 0 Å². The van der Waals surface area contributed by atoms with E-state index in [4.69, 9.17) is 13.9 Å². The van der Waals surface area contributed by atoms with Gasteiger partial charge in [-0.2, -0.15) is 0 Å². The number of nitrogens with one attached hydrogen (secondary N) is 1. The van der Waals surface area contributed by atoms with Crippen molar-refractivity contribution < 1.29 is 23.1 Å². The second-order valence-corrected chi connectivity index (χ2v) is 6.33. The molecule has 3 aromatic rings. The van der Waals surface area contributed by atoms with Gasteiger partial charge in [-0.1, -0.05) is 11.8 Å². The summed E-state index contributed by atoms with van der Waals surface area (Å²) in [6.07, 6.45) is 1.54. The zero-order valence-corrected chi connectivity index (χ0v) is 15.5. The molecule has 0 aliphatic heterocycles. The van der Waals surface area contributed by atoms with Crippen molar-refractivity contribution in [1.82, 2.24) is 4.98 Å². The molecule has 0 saturated carbocycles. The molecule has 1 N–H and O–H groups in total. The quantitative estimate of drug-likeness (QED) is 0.611. The third-order valence-corrected chi connectivity index (χ3v) is 4.46. The number of methoxy groups -OCH3 is 2. The van der Waals surface area contributed by atoms with Crippen LogP contribution in [-0.2, 0) is 4.79 Å². The van der Waals surface area contributed by atoms with Gasteiger partial charge in [0.1, 0.15) is 17.3 Å². The van der Waals surface area contributed by atoms with E-state index in [9.17, 15) is 9.18 Å². The summed E-state index contributed by atoms with van der Waals surface area (Å²) in [5.41, 5.74) is 1.23. The Hall–Kier alpha value is -3.00. The Kier molecular flexibility index (Phi) is 5.97. The minimum Gasteiger partial charge on any atom is -0.497 e. The Labute approximate surface area is 159 Å². The lowest BCUT2D eigenvalue weighted by molar-refractivity contribution is -0.113. The van der Waals surface area contributed by atoms with Crippen LogP contribution >= 0.6 is 11.8 Å². The molecule has 0 unspecified atom stereocenters. The van der Waals surface area contributed by atoms with Gasteiger partial charge in [-0.25, -0.2) is 9.37 Å². The number of anilines is 1. The highest BCUT2D eigenvalue weighted by molar-refractivity contribution is 7.99. The lowest BCUT2D eigenvalue weighted by atomic mass is 10.2. The molecule has 8 heteroatoms. The Morgan fingerprint density at radius 3 is 2.67 bits per heavy atom. The highest BCUT2D eigenvalue weighted by Gasteiger charge is 2.12. The maximum Gasteiger partial charge on any atom is 0.256 e. The molecule has 140 valence electrons. The van der Waals surface area contributed by atoms with Crippen molar-refractivity contribution >= 4 is 23.4 Å². The Balaban J connectivity index is 1.61. The standard InChI is InChI=1S/C19H17FN2O4S/c1-24-14-7-8-16(25-2)15(9-14)22-18(23)11-27-19-21-10-17(26-19)12-3-5-13(20)6-4-12/h3-10H,11H2,1-2H3,(H,22,23). The molecule has 0 radical (unpaired) electrons. The van der Waals surface area contributed by atoms with Gasteiger partial charge in [-0.3, -0.25) is 4.79 Å². The van der Waals surface area contributed by atoms with Crippen LogP contribution in [-0.4, -0.2) is 30.9 Å². The summed E-state index contributed by atoms with van der Waals surface area (Å²) >= 11 is 1.15. The van der Waals surface area contributed by atoms with Gasteiger partial charge in [-0.05, 0) is 36.4 Å². The Morgan fingerprint density at radius 1 is 1.19 bits per heavy atom. The van der Waals surface area contributed by atoms with Gasteiger partial charge >= 0.3 is 0 Å². The predicted molar refractivity (Wildman–Crippen MR) is 101 cm³/mol. The molecular weight excluding hydrogens is 371 g/mol. The number of hydrogen-bond acceptors (Lipinski definition) is 6. The van der Waals surface area contributed by atoms with Crippen molar-refractivity contribution in [3.05, 3.63) is 54.5 Å². The predicted octanol–water partition coefficient (Wildman–Crippen LogP) is 4.23. The molecule has 0 fully saturated rings. The van der Waals surface area contributed by atoms with Crippen molar-refractivity contribution in [1.29, 1.82) is 0 Å². The highest BCUT2D eigenvalue weighted by Crippen LogP contribution is 2.30. The van der Waals surface area contributed by atoms with Crippen LogP contribution in [0.15, 0.2) is 58.3 Å². The summed E-state index contributed by atoms with van der Waals surface area (Å²) in [4.78, 5) is 16.4. The third kappa shape index (κ3) is 4.79. The fourth-order valence-corrected chi connectivity index (χ4v) is 2.90. The van der Waals surface area contributed by atoms with E-state index in [-0.39, 0.29) is 17.5 Å². The molecule has 1 aromatic heterocycles. The second kappa shape index (κ2) is 8.59. The topological polar surface area (TPSA) is 73.6 Å². The molecule has 0 bridgehead atoms. The minimum atomic E-state index is -0.322. The van der Waals surface area contributed by atoms with Crippen LogP contribution in [0.3, 0.4) is 0 Å². The maximum absolute atomic E-state index is 13.0. The SMILES string of the molecule is COc1ccc(OC)c(NC(=O)CSc2ncc(-c3ccc(F)cc3)o2)c1. The number of benzene rings is 2. The molecule has 1 amide bonds. The van der Waals surface area contributed by atoms with Crippen molar-refractivity contribution in [2.75, 3.05) is 25.3 Å². The van der Waals surface area contributed by atoms with Crippen molar-refractivity contribution in [3.8, 4) is 22.8 Å². The van der Waals surface area contributed by atoms with Gasteiger partial charge < -0.3 is 19.2 Å². The number of hydrogen-bond donors (Lipinski definition) is 1. The molecule has 27 heavy (non-hydrogen) atoms. The van der Waals surface area contributed by atoms with Crippen LogP contribution in [0.4, 0.5) is 10.1 Å². The first-order valence-electron chi connectivity index (χ1n) is 7.95. The van der Waals surface area contributed by atoms with Crippen LogP contribution < -0.4 is 14.8 Å². The number of rotatable bonds is 7. The molecule has 0 atom stereocenters. The number of ether oxygens (including phenoxy) is 2. The summed E-state index contributed by atoms with van der Waals surface area (Å²) in [5, 5.41) is 3.12. The van der Waals surface area contributed by atoms with E-state index in [0.29, 0.717) is 33.7 Å². The summed E-state index contributed by atoms with van der Waals surface area (Å²) < 4.78 is 29.0. The summed E-state index contributed by atoms with van der Waals surface area (Å²) in [6.45, 7) is 0. The smallest absolute Gasteiger partial charge is 0.256 e. The molecule has 3 rings (SSSR count). The maximum atomic E-state index is 13.0. The van der Waals surface area contributed by atoms with Crippen LogP contribution in [0, 0.1) is 5.82 Å². The molecule has 0 saturated heterocycles. The van der Waals surface area contributed by atoms with E-state index < -0.39 is 0 Å². The highest BCUT2D eigenvalue weighted by atomic mass is 32.2. The number of amides is 1. The molecule has 6 nitrogen and oxygen atoms in total. The first kappa shape index (κ1) is 18.8. The molecule has 0 aliphatic rings. The average molecular weight is 388 g/mol. The number of carbonyl (C=O) groups excluding carboxylic acids is 1. The number of halogens is 1. The average Bonchev–Trinajstić information content (AvgIpc) is 3.16. The molecule has 1 heterocycles. The first-order chi connectivity index (χ1) is 13.1. The first-order valence-corrected chi connectivity index (χ1v) is 8.94. The van der Waals surface area contributed by atoms with E-state index in [1.165, 1.54) is 19.2 Å². The van der Waals surface area contributed by atoms with Crippen molar-refractivity contribution in [3.63, 3.8) is 0 Å². The number of aromatic nitrogens is 1. The molecule has 0 aliphatic carbocycles. The molecule has 2 aromatic carbocycles. The van der Waals surface area contributed by atoms with Gasteiger partial charge in [0.05, 0.1) is 31.9 Å². The lowest BCUT2D eigenvalue weighted by Gasteiger charge is -2.11. The normalized spacial score (nSPS) is 10.5. The molecule has 0 spiro atoms. The lowest BCUT2D eigenvalue weighted by Crippen LogP contribution is -2.14. The number of carbonyl (C=O) groups is 1. The third-order valence-electron chi connectivity index (χ3n) is 3.62. The fraction of sp³-hybridized carbons (Fsp3) is 0.158. The fourth-order valence-electron chi connectivity index (χ4n) is 2.30. The molecular formula is C19H17FN2O4S. The van der Waals surface area contributed by atoms with Gasteiger partial charge in [0.15, 0.2) is 5.76 Å². The van der Waals surface area contributed by atoms with Gasteiger partial charge in [0.25, 0.3) is 5.22 Å². The van der Waals surface area contributed by atoms with E-state index in [1.54, 1.807) is 43.6 Å². The summed E-state index contributed by atoms with van der Waals surface area (Å²) in [6, 6.07) is 11.0. The number of nitrogens with zero attached hydrogens (tertiary/aromatic N) is 1. The monoisotopic (exact) mass is 388 g/mol. The number of oxazole rings is 1. The largest absolute Gasteiger partial charge is 0.497 e. The van der Waals surface area contributed by atoms with Gasteiger partial charge in [-0.15, -0.1) is 0 Å². The summed E-state index contributed by atoms with van der Waals surface area (Å²) in [7, 11) is 3.07. The van der Waals surface area contributed by atoms with Crippen LogP contribution in [0.1, 0.15) is 0 Å². The van der Waals surface area contributed by atoms with Crippen molar-refractivity contribution in [2.24, 2.45) is 0 Å². The summed E-state index contributed by atoms with van der Waals surface area (Å²) in [5.74, 6) is 1.18. The van der Waals surface area contributed by atoms with E-state index in [0.717, 1.165) is 11.8 Å². The zero-order chi connectivity index (χ0) is 19.2.